The zero-order chi connectivity index (χ0) is 17.4. The SMILES string of the molecule is CC(C)(C)c1nsc(N2CCN(Cc3nc4ccccc4s3)CC2)n1. The third kappa shape index (κ3) is 3.68. The van der Waals surface area contributed by atoms with Gasteiger partial charge in [-0.1, -0.05) is 32.9 Å². The van der Waals surface area contributed by atoms with Gasteiger partial charge in [-0.3, -0.25) is 4.90 Å². The summed E-state index contributed by atoms with van der Waals surface area (Å²) in [7, 11) is 0. The molecule has 132 valence electrons. The first-order valence-electron chi connectivity index (χ1n) is 8.65. The van der Waals surface area contributed by atoms with Crippen molar-refractivity contribution >= 4 is 38.2 Å². The summed E-state index contributed by atoms with van der Waals surface area (Å²) in [6.45, 7) is 11.5. The van der Waals surface area contributed by atoms with Crippen LogP contribution in [0.2, 0.25) is 0 Å². The Labute approximate surface area is 156 Å². The molecule has 5 nitrogen and oxygen atoms in total. The number of hydrogen-bond donors (Lipinski definition) is 0. The summed E-state index contributed by atoms with van der Waals surface area (Å²) in [5.74, 6) is 0.949. The molecule has 2 aromatic heterocycles. The molecule has 0 saturated carbocycles. The zero-order valence-electron chi connectivity index (χ0n) is 14.9. The fourth-order valence-corrected chi connectivity index (χ4v) is 4.84. The summed E-state index contributed by atoms with van der Waals surface area (Å²) < 4.78 is 5.82. The standard InChI is InChI=1S/C18H23N5S2/c1-18(2,3)16-20-17(25-21-16)23-10-8-22(9-11-23)12-15-19-13-6-4-5-7-14(13)24-15/h4-7H,8-12H2,1-3H3. The molecular formula is C18H23N5S2. The van der Waals surface area contributed by atoms with Gasteiger partial charge >= 0.3 is 0 Å². The van der Waals surface area contributed by atoms with E-state index in [4.69, 9.17) is 9.97 Å². The van der Waals surface area contributed by atoms with Gasteiger partial charge in [-0.15, -0.1) is 11.3 Å². The lowest BCUT2D eigenvalue weighted by Crippen LogP contribution is -2.46. The summed E-state index contributed by atoms with van der Waals surface area (Å²) in [6.07, 6.45) is 0. The Kier molecular flexibility index (Phi) is 4.47. The molecule has 1 saturated heterocycles. The van der Waals surface area contributed by atoms with Crippen molar-refractivity contribution in [2.45, 2.75) is 32.7 Å². The smallest absolute Gasteiger partial charge is 0.205 e. The maximum absolute atomic E-state index is 4.76. The molecule has 1 aromatic carbocycles. The van der Waals surface area contributed by atoms with Crippen LogP contribution < -0.4 is 4.90 Å². The van der Waals surface area contributed by atoms with Gasteiger partial charge in [0.05, 0.1) is 16.8 Å². The van der Waals surface area contributed by atoms with Crippen LogP contribution in [0.3, 0.4) is 0 Å². The topological polar surface area (TPSA) is 45.2 Å². The highest BCUT2D eigenvalue weighted by atomic mass is 32.1. The van der Waals surface area contributed by atoms with Gasteiger partial charge in [0.15, 0.2) is 0 Å². The number of aromatic nitrogens is 3. The molecule has 0 amide bonds. The minimum atomic E-state index is 0.0173. The number of nitrogens with zero attached hydrogens (tertiary/aromatic N) is 5. The Morgan fingerprint density at radius 3 is 2.48 bits per heavy atom. The van der Waals surface area contributed by atoms with Crippen molar-refractivity contribution in [2.75, 3.05) is 31.1 Å². The van der Waals surface area contributed by atoms with Crippen LogP contribution in [-0.2, 0) is 12.0 Å². The van der Waals surface area contributed by atoms with Gasteiger partial charge in [-0.05, 0) is 12.1 Å². The Hall–Kier alpha value is -1.57. The molecule has 3 aromatic rings. The number of hydrogen-bond acceptors (Lipinski definition) is 7. The molecule has 0 bridgehead atoms. The fraction of sp³-hybridized carbons (Fsp3) is 0.500. The predicted molar refractivity (Wildman–Crippen MR) is 106 cm³/mol. The molecule has 0 atom stereocenters. The lowest BCUT2D eigenvalue weighted by molar-refractivity contribution is 0.249. The van der Waals surface area contributed by atoms with Gasteiger partial charge in [0.2, 0.25) is 5.13 Å². The van der Waals surface area contributed by atoms with Gasteiger partial charge in [0, 0.05) is 43.1 Å². The van der Waals surface area contributed by atoms with Gasteiger partial charge in [-0.2, -0.15) is 4.37 Å². The van der Waals surface area contributed by atoms with Crippen LogP contribution in [0.4, 0.5) is 5.13 Å². The second-order valence-electron chi connectivity index (χ2n) is 7.49. The molecule has 0 N–H and O–H groups in total. The average Bonchev–Trinajstić information content (AvgIpc) is 3.21. The van der Waals surface area contributed by atoms with Crippen molar-refractivity contribution in [3.63, 3.8) is 0 Å². The number of benzene rings is 1. The number of thiazole rings is 1. The second-order valence-corrected chi connectivity index (χ2v) is 9.33. The lowest BCUT2D eigenvalue weighted by Gasteiger charge is -2.33. The van der Waals surface area contributed by atoms with E-state index >= 15 is 0 Å². The maximum Gasteiger partial charge on any atom is 0.205 e. The van der Waals surface area contributed by atoms with Crippen molar-refractivity contribution in [1.29, 1.82) is 0 Å². The van der Waals surface area contributed by atoms with Crippen LogP contribution in [0.5, 0.6) is 0 Å². The molecule has 3 heterocycles. The molecule has 0 unspecified atom stereocenters. The van der Waals surface area contributed by atoms with E-state index in [1.165, 1.54) is 21.2 Å². The molecule has 0 radical (unpaired) electrons. The number of rotatable bonds is 3. The third-order valence-electron chi connectivity index (χ3n) is 4.43. The van der Waals surface area contributed by atoms with E-state index in [1.54, 1.807) is 0 Å². The number of anilines is 1. The molecule has 1 aliphatic heterocycles. The Balaban J connectivity index is 1.37. The first kappa shape index (κ1) is 16.9. The van der Waals surface area contributed by atoms with Crippen LogP contribution in [0.15, 0.2) is 24.3 Å². The van der Waals surface area contributed by atoms with Crippen molar-refractivity contribution < 1.29 is 0 Å². The van der Waals surface area contributed by atoms with E-state index in [1.807, 2.05) is 11.3 Å². The quantitative estimate of drug-likeness (QED) is 0.699. The van der Waals surface area contributed by atoms with Gasteiger partial charge in [0.25, 0.3) is 0 Å². The summed E-state index contributed by atoms with van der Waals surface area (Å²) >= 11 is 3.33. The summed E-state index contributed by atoms with van der Waals surface area (Å²) in [6, 6.07) is 8.38. The summed E-state index contributed by atoms with van der Waals surface area (Å²) in [5, 5.41) is 2.27. The van der Waals surface area contributed by atoms with E-state index in [2.05, 4.69) is 59.2 Å². The minimum absolute atomic E-state index is 0.0173. The summed E-state index contributed by atoms with van der Waals surface area (Å²) in [4.78, 5) is 14.4. The maximum atomic E-state index is 4.76. The number of para-hydroxylation sites is 1. The Bertz CT molecular complexity index is 823. The largest absolute Gasteiger partial charge is 0.344 e. The third-order valence-corrected chi connectivity index (χ3v) is 6.22. The highest BCUT2D eigenvalue weighted by molar-refractivity contribution is 7.18. The molecule has 0 spiro atoms. The predicted octanol–water partition coefficient (Wildman–Crippen LogP) is 3.77. The van der Waals surface area contributed by atoms with E-state index < -0.39 is 0 Å². The average molecular weight is 374 g/mol. The zero-order valence-corrected chi connectivity index (χ0v) is 16.5. The molecule has 0 aliphatic carbocycles. The molecule has 7 heteroatoms. The van der Waals surface area contributed by atoms with Gasteiger partial charge in [-0.25, -0.2) is 9.97 Å². The van der Waals surface area contributed by atoms with Crippen LogP contribution in [0.25, 0.3) is 10.2 Å². The van der Waals surface area contributed by atoms with Crippen LogP contribution >= 0.6 is 22.9 Å². The number of fused-ring (bicyclic) bond motifs is 1. The van der Waals surface area contributed by atoms with Crippen molar-refractivity contribution in [3.05, 3.63) is 35.1 Å². The molecule has 1 aliphatic rings. The van der Waals surface area contributed by atoms with E-state index in [0.29, 0.717) is 0 Å². The first-order valence-corrected chi connectivity index (χ1v) is 10.2. The lowest BCUT2D eigenvalue weighted by atomic mass is 9.96. The van der Waals surface area contributed by atoms with Crippen LogP contribution in [0.1, 0.15) is 31.6 Å². The molecule has 25 heavy (non-hydrogen) atoms. The van der Waals surface area contributed by atoms with E-state index in [-0.39, 0.29) is 5.41 Å². The monoisotopic (exact) mass is 373 g/mol. The number of piperazine rings is 1. The Morgan fingerprint density at radius 1 is 1.04 bits per heavy atom. The molecular weight excluding hydrogens is 350 g/mol. The second kappa shape index (κ2) is 6.63. The van der Waals surface area contributed by atoms with Gasteiger partial charge in [0.1, 0.15) is 10.8 Å². The van der Waals surface area contributed by atoms with Crippen molar-refractivity contribution in [2.24, 2.45) is 0 Å². The molecule has 1 fully saturated rings. The van der Waals surface area contributed by atoms with Crippen LogP contribution in [-0.4, -0.2) is 45.4 Å². The molecule has 4 rings (SSSR count). The normalized spacial score (nSPS) is 16.7. The highest BCUT2D eigenvalue weighted by Crippen LogP contribution is 2.27. The fourth-order valence-electron chi connectivity index (χ4n) is 2.92. The van der Waals surface area contributed by atoms with Crippen LogP contribution in [0, 0.1) is 0 Å². The van der Waals surface area contributed by atoms with E-state index in [9.17, 15) is 0 Å². The van der Waals surface area contributed by atoms with Crippen molar-refractivity contribution in [3.8, 4) is 0 Å². The minimum Gasteiger partial charge on any atom is -0.344 e. The highest BCUT2D eigenvalue weighted by Gasteiger charge is 2.24. The van der Waals surface area contributed by atoms with Crippen molar-refractivity contribution in [1.82, 2.24) is 19.2 Å². The first-order chi connectivity index (χ1) is 12.0. The van der Waals surface area contributed by atoms with Gasteiger partial charge < -0.3 is 4.90 Å². The Morgan fingerprint density at radius 2 is 1.80 bits per heavy atom. The van der Waals surface area contributed by atoms with E-state index in [0.717, 1.165) is 49.2 Å². The summed E-state index contributed by atoms with van der Waals surface area (Å²) in [5.41, 5.74) is 1.13.